The maximum Gasteiger partial charge on any atom is 0.491 e. The van der Waals surface area contributed by atoms with Gasteiger partial charge in [0.1, 0.15) is 0 Å². The summed E-state index contributed by atoms with van der Waals surface area (Å²) < 4.78 is 16.7. The topological polar surface area (TPSA) is 87.9 Å². The number of hydrogen-bond acceptors (Lipinski definition) is 6. The number of hydrogen-bond donors (Lipinski definition) is 1. The summed E-state index contributed by atoms with van der Waals surface area (Å²) in [6.45, 7) is 8.02. The van der Waals surface area contributed by atoms with Gasteiger partial charge in [-0.2, -0.15) is 0 Å². The van der Waals surface area contributed by atoms with Crippen molar-refractivity contribution in [2.75, 3.05) is 6.54 Å². The van der Waals surface area contributed by atoms with Gasteiger partial charge in [-0.15, -0.1) is 0 Å². The van der Waals surface area contributed by atoms with Crippen molar-refractivity contribution in [1.82, 2.24) is 0 Å². The van der Waals surface area contributed by atoms with Crippen molar-refractivity contribution < 1.29 is 23.6 Å². The lowest BCUT2D eigenvalue weighted by Gasteiger charge is -2.32. The monoisotopic (exact) mass is 329 g/mol. The molecule has 0 radical (unpaired) electrons. The van der Waals surface area contributed by atoms with Gasteiger partial charge in [0.15, 0.2) is 0 Å². The molecule has 0 aromatic heterocycles. The number of carbonyl (C=O) groups is 2. The highest BCUT2D eigenvalue weighted by molar-refractivity contribution is 6.56. The van der Waals surface area contributed by atoms with Gasteiger partial charge in [-0.25, -0.2) is 9.59 Å². The molecule has 0 spiro atoms. The van der Waals surface area contributed by atoms with Crippen LogP contribution in [-0.4, -0.2) is 36.8 Å². The van der Waals surface area contributed by atoms with E-state index in [4.69, 9.17) is 15.0 Å². The Hall–Kier alpha value is -1.96. The van der Waals surface area contributed by atoms with E-state index in [0.717, 1.165) is 0 Å². The highest BCUT2D eigenvalue weighted by Gasteiger charge is 2.52. The molecule has 3 rings (SSSR count). The number of fused-ring (bicyclic) bond motifs is 1. The second-order valence-corrected chi connectivity index (χ2v) is 6.96. The number of esters is 2. The van der Waals surface area contributed by atoms with E-state index < -0.39 is 30.3 Å². The molecule has 2 aliphatic heterocycles. The van der Waals surface area contributed by atoms with Crippen LogP contribution < -0.4 is 5.73 Å². The molecule has 0 bridgehead atoms. The molecule has 126 valence electrons. The van der Waals surface area contributed by atoms with Crippen LogP contribution in [0.15, 0.2) is 23.7 Å². The summed E-state index contributed by atoms with van der Waals surface area (Å²) in [5.74, 6) is -1.28. The zero-order valence-corrected chi connectivity index (χ0v) is 14.2. The van der Waals surface area contributed by atoms with Crippen LogP contribution in [0.2, 0.25) is 0 Å². The maximum atomic E-state index is 11.9. The van der Waals surface area contributed by atoms with Crippen LogP contribution in [0.25, 0.3) is 6.08 Å². The van der Waals surface area contributed by atoms with E-state index in [1.807, 2.05) is 27.7 Å². The second kappa shape index (κ2) is 5.55. The summed E-state index contributed by atoms with van der Waals surface area (Å²) in [6.07, 6.45) is 1.74. The van der Waals surface area contributed by atoms with Crippen LogP contribution in [0, 0.1) is 0 Å². The largest absolute Gasteiger partial charge is 0.491 e. The fraction of sp³-hybridized carbons (Fsp3) is 0.412. The molecular weight excluding hydrogens is 309 g/mol. The van der Waals surface area contributed by atoms with Crippen molar-refractivity contribution in [2.45, 2.75) is 38.9 Å². The molecule has 0 saturated carbocycles. The van der Waals surface area contributed by atoms with Gasteiger partial charge < -0.3 is 19.8 Å². The summed E-state index contributed by atoms with van der Waals surface area (Å²) in [6, 6.07) is 5.00. The predicted octanol–water partition coefficient (Wildman–Crippen LogP) is 1.97. The van der Waals surface area contributed by atoms with Crippen molar-refractivity contribution in [2.24, 2.45) is 5.73 Å². The SMILES string of the molecule is CC1(C)OB(C(=Cc2cccc3c2C(=O)OC3=O)CN)OC1(C)C. The average Bonchev–Trinajstić information content (AvgIpc) is 2.90. The summed E-state index contributed by atoms with van der Waals surface area (Å²) in [5.41, 5.74) is 6.67. The lowest BCUT2D eigenvalue weighted by molar-refractivity contribution is 0.00578. The fourth-order valence-corrected chi connectivity index (χ4v) is 2.70. The molecule has 7 heteroatoms. The van der Waals surface area contributed by atoms with Crippen LogP contribution in [0.3, 0.4) is 0 Å². The fourth-order valence-electron chi connectivity index (χ4n) is 2.70. The normalized spacial score (nSPS) is 21.9. The van der Waals surface area contributed by atoms with E-state index >= 15 is 0 Å². The van der Waals surface area contributed by atoms with E-state index in [0.29, 0.717) is 11.0 Å². The Morgan fingerprint density at radius 3 is 2.33 bits per heavy atom. The lowest BCUT2D eigenvalue weighted by Crippen LogP contribution is -2.41. The van der Waals surface area contributed by atoms with E-state index in [-0.39, 0.29) is 17.7 Å². The van der Waals surface area contributed by atoms with Gasteiger partial charge in [0.25, 0.3) is 0 Å². The predicted molar refractivity (Wildman–Crippen MR) is 89.3 cm³/mol. The molecule has 0 aliphatic carbocycles. The Bertz CT molecular complexity index is 737. The minimum Gasteiger partial charge on any atom is -0.400 e. The number of nitrogens with two attached hydrogens (primary N) is 1. The summed E-state index contributed by atoms with van der Waals surface area (Å²) in [5, 5.41) is 0. The number of cyclic esters (lactones) is 2. The molecule has 1 fully saturated rings. The molecule has 1 aromatic carbocycles. The van der Waals surface area contributed by atoms with Gasteiger partial charge in [0.2, 0.25) is 0 Å². The third-order valence-electron chi connectivity index (χ3n) is 4.84. The number of rotatable bonds is 3. The van der Waals surface area contributed by atoms with Gasteiger partial charge in [0.05, 0.1) is 22.3 Å². The highest BCUT2D eigenvalue weighted by Crippen LogP contribution is 2.39. The first kappa shape index (κ1) is 16.9. The molecule has 0 amide bonds. The van der Waals surface area contributed by atoms with E-state index in [9.17, 15) is 9.59 Å². The van der Waals surface area contributed by atoms with Crippen LogP contribution in [0.4, 0.5) is 0 Å². The molecule has 2 heterocycles. The Balaban J connectivity index is 2.00. The number of ether oxygens (including phenoxy) is 1. The van der Waals surface area contributed by atoms with Gasteiger partial charge in [0, 0.05) is 6.54 Å². The zero-order valence-electron chi connectivity index (χ0n) is 14.2. The molecule has 2 N–H and O–H groups in total. The van der Waals surface area contributed by atoms with Crippen molar-refractivity contribution in [3.05, 3.63) is 40.4 Å². The van der Waals surface area contributed by atoms with Gasteiger partial charge in [-0.1, -0.05) is 18.2 Å². The third kappa shape index (κ3) is 2.58. The Morgan fingerprint density at radius 2 is 1.75 bits per heavy atom. The summed E-state index contributed by atoms with van der Waals surface area (Å²) in [7, 11) is -0.607. The van der Waals surface area contributed by atoms with E-state index in [1.54, 1.807) is 24.3 Å². The van der Waals surface area contributed by atoms with Crippen LogP contribution in [0.1, 0.15) is 54.0 Å². The standard InChI is InChI=1S/C17H20BNO5/c1-16(2)17(3,4)24-18(23-16)11(9-19)8-10-6-5-7-12-13(10)15(21)22-14(12)20/h5-8H,9,19H2,1-4H3. The molecule has 0 unspecified atom stereocenters. The molecule has 0 atom stereocenters. The van der Waals surface area contributed by atoms with Gasteiger partial charge in [-0.3, -0.25) is 0 Å². The molecule has 1 aromatic rings. The van der Waals surface area contributed by atoms with E-state index in [1.165, 1.54) is 0 Å². The summed E-state index contributed by atoms with van der Waals surface area (Å²) in [4.78, 5) is 23.6. The smallest absolute Gasteiger partial charge is 0.400 e. The van der Waals surface area contributed by atoms with E-state index in [2.05, 4.69) is 4.74 Å². The third-order valence-corrected chi connectivity index (χ3v) is 4.84. The zero-order chi connectivity index (χ0) is 17.7. The lowest BCUT2D eigenvalue weighted by atomic mass is 9.76. The van der Waals surface area contributed by atoms with Crippen LogP contribution >= 0.6 is 0 Å². The van der Waals surface area contributed by atoms with Crippen molar-refractivity contribution in [3.63, 3.8) is 0 Å². The van der Waals surface area contributed by atoms with Gasteiger partial charge in [-0.05, 0) is 44.8 Å². The quantitative estimate of drug-likeness (QED) is 0.518. The molecule has 1 saturated heterocycles. The molecular formula is C17H20BNO5. The minimum atomic E-state index is -0.646. The molecule has 24 heavy (non-hydrogen) atoms. The van der Waals surface area contributed by atoms with Crippen molar-refractivity contribution in [3.8, 4) is 0 Å². The molecule has 2 aliphatic rings. The first-order valence-corrected chi connectivity index (χ1v) is 7.82. The summed E-state index contributed by atoms with van der Waals surface area (Å²) >= 11 is 0. The Morgan fingerprint density at radius 1 is 1.12 bits per heavy atom. The first-order valence-electron chi connectivity index (χ1n) is 7.82. The Labute approximate surface area is 141 Å². The minimum absolute atomic E-state index is 0.198. The average molecular weight is 329 g/mol. The number of benzene rings is 1. The highest BCUT2D eigenvalue weighted by atomic mass is 16.7. The molecule has 6 nitrogen and oxygen atoms in total. The first-order chi connectivity index (χ1) is 11.2. The van der Waals surface area contributed by atoms with Gasteiger partial charge >= 0.3 is 19.1 Å². The van der Waals surface area contributed by atoms with Crippen LogP contribution in [-0.2, 0) is 14.0 Å². The van der Waals surface area contributed by atoms with Crippen molar-refractivity contribution >= 4 is 25.1 Å². The number of carbonyl (C=O) groups excluding carboxylic acids is 2. The second-order valence-electron chi connectivity index (χ2n) is 6.96. The Kier molecular flexibility index (Phi) is 3.90. The maximum absolute atomic E-state index is 11.9. The van der Waals surface area contributed by atoms with Crippen LogP contribution in [0.5, 0.6) is 0 Å². The van der Waals surface area contributed by atoms with Crippen molar-refractivity contribution in [1.29, 1.82) is 0 Å².